The molecule has 1 aliphatic rings. The van der Waals surface area contributed by atoms with E-state index >= 15 is 0 Å². The Labute approximate surface area is 62.9 Å². The summed E-state index contributed by atoms with van der Waals surface area (Å²) in [6.45, 7) is 0.131. The molecule has 0 atom stereocenters. The fourth-order valence-corrected chi connectivity index (χ4v) is 0.623. The number of carboxylic acid groups (broad SMARTS) is 1. The molecule has 11 heavy (non-hydrogen) atoms. The molecule has 0 unspecified atom stereocenters. The van der Waals surface area contributed by atoms with E-state index in [4.69, 9.17) is 9.84 Å². The van der Waals surface area contributed by atoms with Crippen LogP contribution in [0.25, 0.3) is 0 Å². The van der Waals surface area contributed by atoms with Gasteiger partial charge in [0.1, 0.15) is 5.92 Å². The highest BCUT2D eigenvalue weighted by molar-refractivity contribution is 5.77. The van der Waals surface area contributed by atoms with E-state index in [1.54, 1.807) is 0 Å². The van der Waals surface area contributed by atoms with Gasteiger partial charge < -0.3 is 14.6 Å². The highest BCUT2D eigenvalue weighted by Gasteiger charge is 2.28. The van der Waals surface area contributed by atoms with Crippen molar-refractivity contribution in [3.8, 4) is 0 Å². The molecule has 0 aliphatic carbocycles. The van der Waals surface area contributed by atoms with Gasteiger partial charge in [-0.05, 0) is 0 Å². The quantitative estimate of drug-likeness (QED) is 0.550. The van der Waals surface area contributed by atoms with Gasteiger partial charge in [0.15, 0.2) is 6.61 Å². The Kier molecular flexibility index (Phi) is 2.43. The van der Waals surface area contributed by atoms with Crippen LogP contribution in [-0.4, -0.2) is 36.9 Å². The summed E-state index contributed by atoms with van der Waals surface area (Å²) in [6.07, 6.45) is 0. The van der Waals surface area contributed by atoms with Gasteiger partial charge in [-0.2, -0.15) is 0 Å². The zero-order valence-corrected chi connectivity index (χ0v) is 5.78. The molecular formula is C6H8O5. The summed E-state index contributed by atoms with van der Waals surface area (Å²) < 4.78 is 9.10. The predicted molar refractivity (Wildman–Crippen MR) is 32.9 cm³/mol. The number of rotatable bonds is 3. The molecule has 1 saturated heterocycles. The van der Waals surface area contributed by atoms with Crippen LogP contribution in [0.3, 0.4) is 0 Å². The maximum absolute atomic E-state index is 10.8. The van der Waals surface area contributed by atoms with Crippen LogP contribution in [-0.2, 0) is 19.1 Å². The van der Waals surface area contributed by atoms with Crippen molar-refractivity contribution in [2.75, 3.05) is 19.8 Å². The van der Waals surface area contributed by atoms with Crippen molar-refractivity contribution in [2.45, 2.75) is 0 Å². The van der Waals surface area contributed by atoms with Crippen LogP contribution in [0.4, 0.5) is 0 Å². The van der Waals surface area contributed by atoms with Gasteiger partial charge in [0, 0.05) is 0 Å². The first-order chi connectivity index (χ1) is 5.20. The Morgan fingerprint density at radius 3 is 2.55 bits per heavy atom. The van der Waals surface area contributed by atoms with Crippen molar-refractivity contribution < 1.29 is 24.2 Å². The first-order valence-electron chi connectivity index (χ1n) is 3.16. The summed E-state index contributed by atoms with van der Waals surface area (Å²) in [6, 6.07) is 0. The fourth-order valence-electron chi connectivity index (χ4n) is 0.623. The number of carboxylic acids is 1. The molecule has 1 N–H and O–H groups in total. The topological polar surface area (TPSA) is 72.8 Å². The first-order valence-corrected chi connectivity index (χ1v) is 3.16. The standard InChI is InChI=1S/C6H8O5/c7-5(8)3-11-6(9)4-1-10-2-4/h4H,1-3H2,(H,7,8). The summed E-state index contributed by atoms with van der Waals surface area (Å²) in [5.74, 6) is -1.88. The number of ether oxygens (including phenoxy) is 2. The second kappa shape index (κ2) is 3.34. The van der Waals surface area contributed by atoms with E-state index in [-0.39, 0.29) is 5.92 Å². The minimum absolute atomic E-state index is 0.255. The number of carbonyl (C=O) groups excluding carboxylic acids is 1. The third-order valence-corrected chi connectivity index (χ3v) is 1.31. The third-order valence-electron chi connectivity index (χ3n) is 1.31. The number of esters is 1. The van der Waals surface area contributed by atoms with E-state index in [0.29, 0.717) is 13.2 Å². The van der Waals surface area contributed by atoms with Crippen LogP contribution in [0.2, 0.25) is 0 Å². The Balaban J connectivity index is 2.15. The van der Waals surface area contributed by atoms with Gasteiger partial charge in [0.2, 0.25) is 0 Å². The van der Waals surface area contributed by atoms with Gasteiger partial charge in [-0.25, -0.2) is 4.79 Å². The van der Waals surface area contributed by atoms with E-state index in [0.717, 1.165) is 0 Å². The number of aliphatic carboxylic acids is 1. The predicted octanol–water partition coefficient (Wildman–Crippen LogP) is -0.739. The molecule has 0 amide bonds. The first kappa shape index (κ1) is 8.00. The van der Waals surface area contributed by atoms with Crippen LogP contribution in [0.5, 0.6) is 0 Å². The van der Waals surface area contributed by atoms with Crippen LogP contribution in [0.1, 0.15) is 0 Å². The second-order valence-corrected chi connectivity index (χ2v) is 2.24. The maximum Gasteiger partial charge on any atom is 0.341 e. The van der Waals surface area contributed by atoms with Crippen molar-refractivity contribution in [1.29, 1.82) is 0 Å². The van der Waals surface area contributed by atoms with Crippen LogP contribution in [0, 0.1) is 5.92 Å². The minimum Gasteiger partial charge on any atom is -0.479 e. The molecule has 62 valence electrons. The highest BCUT2D eigenvalue weighted by atomic mass is 16.6. The average molecular weight is 160 g/mol. The fraction of sp³-hybridized carbons (Fsp3) is 0.667. The molecule has 5 nitrogen and oxygen atoms in total. The maximum atomic E-state index is 10.8. The Morgan fingerprint density at radius 2 is 2.18 bits per heavy atom. The van der Waals surface area contributed by atoms with E-state index < -0.39 is 18.5 Å². The lowest BCUT2D eigenvalue weighted by molar-refractivity contribution is -0.168. The van der Waals surface area contributed by atoms with Gasteiger partial charge >= 0.3 is 11.9 Å². The summed E-state index contributed by atoms with van der Waals surface area (Å²) in [5.41, 5.74) is 0. The summed E-state index contributed by atoms with van der Waals surface area (Å²) in [7, 11) is 0. The second-order valence-electron chi connectivity index (χ2n) is 2.24. The van der Waals surface area contributed by atoms with Crippen molar-refractivity contribution in [1.82, 2.24) is 0 Å². The molecule has 0 aromatic carbocycles. The summed E-state index contributed by atoms with van der Waals surface area (Å²) in [4.78, 5) is 20.7. The lowest BCUT2D eigenvalue weighted by Crippen LogP contribution is -2.36. The van der Waals surface area contributed by atoms with Gasteiger partial charge in [-0.1, -0.05) is 0 Å². The zero-order valence-electron chi connectivity index (χ0n) is 5.78. The Bertz CT molecular complexity index is 172. The Morgan fingerprint density at radius 1 is 1.55 bits per heavy atom. The molecule has 0 aromatic rings. The van der Waals surface area contributed by atoms with Gasteiger partial charge in [-0.15, -0.1) is 0 Å². The summed E-state index contributed by atoms with van der Waals surface area (Å²) in [5, 5.41) is 8.13. The Hall–Kier alpha value is -1.10. The van der Waals surface area contributed by atoms with Crippen LogP contribution in [0.15, 0.2) is 0 Å². The molecule has 1 fully saturated rings. The minimum atomic E-state index is -1.14. The zero-order chi connectivity index (χ0) is 8.27. The molecule has 0 bridgehead atoms. The van der Waals surface area contributed by atoms with Gasteiger partial charge in [0.25, 0.3) is 0 Å². The molecule has 0 spiro atoms. The lowest BCUT2D eigenvalue weighted by Gasteiger charge is -2.23. The monoisotopic (exact) mass is 160 g/mol. The van der Waals surface area contributed by atoms with E-state index in [9.17, 15) is 9.59 Å². The number of hydrogen-bond donors (Lipinski definition) is 1. The van der Waals surface area contributed by atoms with Crippen LogP contribution < -0.4 is 0 Å². The summed E-state index contributed by atoms with van der Waals surface area (Å²) >= 11 is 0. The van der Waals surface area contributed by atoms with E-state index in [1.807, 2.05) is 0 Å². The molecule has 1 heterocycles. The SMILES string of the molecule is O=C(O)COC(=O)C1COC1. The van der Waals surface area contributed by atoms with E-state index in [1.165, 1.54) is 0 Å². The lowest BCUT2D eigenvalue weighted by atomic mass is 10.1. The van der Waals surface area contributed by atoms with Crippen molar-refractivity contribution >= 4 is 11.9 Å². The molecular weight excluding hydrogens is 152 g/mol. The largest absolute Gasteiger partial charge is 0.479 e. The highest BCUT2D eigenvalue weighted by Crippen LogP contribution is 2.11. The molecule has 0 radical (unpaired) electrons. The number of carbonyl (C=O) groups is 2. The van der Waals surface area contributed by atoms with Crippen molar-refractivity contribution in [3.05, 3.63) is 0 Å². The smallest absolute Gasteiger partial charge is 0.341 e. The molecule has 1 rings (SSSR count). The molecule has 5 heteroatoms. The van der Waals surface area contributed by atoms with Crippen molar-refractivity contribution in [3.63, 3.8) is 0 Å². The van der Waals surface area contributed by atoms with E-state index in [2.05, 4.69) is 4.74 Å². The normalized spacial score (nSPS) is 17.1. The van der Waals surface area contributed by atoms with Gasteiger partial charge in [-0.3, -0.25) is 4.79 Å². The third kappa shape index (κ3) is 2.19. The molecule has 1 aliphatic heterocycles. The van der Waals surface area contributed by atoms with Crippen LogP contribution >= 0.6 is 0 Å². The molecule has 0 aromatic heterocycles. The van der Waals surface area contributed by atoms with Crippen molar-refractivity contribution in [2.24, 2.45) is 5.92 Å². The van der Waals surface area contributed by atoms with Gasteiger partial charge in [0.05, 0.1) is 13.2 Å². The average Bonchev–Trinajstić information content (AvgIpc) is 1.79. The molecule has 0 saturated carbocycles. The number of hydrogen-bond acceptors (Lipinski definition) is 4.